The highest BCUT2D eigenvalue weighted by atomic mass is 32.2. The van der Waals surface area contributed by atoms with Crippen molar-refractivity contribution in [2.45, 2.75) is 25.7 Å². The van der Waals surface area contributed by atoms with Gasteiger partial charge in [-0.3, -0.25) is 4.79 Å². The van der Waals surface area contributed by atoms with E-state index in [2.05, 4.69) is 20.2 Å². The summed E-state index contributed by atoms with van der Waals surface area (Å²) < 4.78 is 32.2. The van der Waals surface area contributed by atoms with Gasteiger partial charge in [-0.2, -0.15) is 0 Å². The van der Waals surface area contributed by atoms with Crippen molar-refractivity contribution in [2.24, 2.45) is 0 Å². The third kappa shape index (κ3) is 4.00. The molecule has 0 aliphatic rings. The smallest absolute Gasteiger partial charge is 0.259 e. The van der Waals surface area contributed by atoms with E-state index in [9.17, 15) is 13.2 Å². The van der Waals surface area contributed by atoms with E-state index in [4.69, 9.17) is 4.52 Å². The molecule has 2 aromatic carbocycles. The van der Waals surface area contributed by atoms with E-state index in [1.807, 2.05) is 31.2 Å². The molecule has 0 unspecified atom stereocenters. The van der Waals surface area contributed by atoms with Crippen molar-refractivity contribution in [1.29, 1.82) is 0 Å². The van der Waals surface area contributed by atoms with Gasteiger partial charge in [0.1, 0.15) is 0 Å². The molecule has 0 aliphatic heterocycles. The van der Waals surface area contributed by atoms with Crippen LogP contribution in [0.3, 0.4) is 0 Å². The van der Waals surface area contributed by atoms with Gasteiger partial charge < -0.3 is 9.84 Å². The normalized spacial score (nSPS) is 11.6. The van der Waals surface area contributed by atoms with Gasteiger partial charge in [-0.25, -0.2) is 18.1 Å². The second kappa shape index (κ2) is 8.18. The van der Waals surface area contributed by atoms with Gasteiger partial charge in [-0.05, 0) is 51.6 Å². The summed E-state index contributed by atoms with van der Waals surface area (Å²) >= 11 is 0. The van der Waals surface area contributed by atoms with Crippen LogP contribution in [-0.4, -0.2) is 31.5 Å². The lowest BCUT2D eigenvalue weighted by atomic mass is 10.0. The van der Waals surface area contributed by atoms with Crippen LogP contribution in [0.25, 0.3) is 22.4 Å². The topological polar surface area (TPSA) is 114 Å². The first-order valence-electron chi connectivity index (χ1n) is 9.89. The van der Waals surface area contributed by atoms with Crippen molar-refractivity contribution in [2.75, 3.05) is 12.4 Å². The molecule has 2 aromatic heterocycles. The molecule has 4 aromatic rings. The van der Waals surface area contributed by atoms with Gasteiger partial charge in [0.2, 0.25) is 10.0 Å². The highest BCUT2D eigenvalue weighted by Crippen LogP contribution is 2.28. The van der Waals surface area contributed by atoms with Crippen molar-refractivity contribution in [3.63, 3.8) is 0 Å². The lowest BCUT2D eigenvalue weighted by Crippen LogP contribution is -2.20. The maximum Gasteiger partial charge on any atom is 0.259 e. The van der Waals surface area contributed by atoms with Crippen LogP contribution in [0, 0.1) is 20.8 Å². The van der Waals surface area contributed by atoms with E-state index in [1.165, 1.54) is 13.1 Å². The quantitative estimate of drug-likeness (QED) is 0.475. The van der Waals surface area contributed by atoms with E-state index >= 15 is 0 Å². The van der Waals surface area contributed by atoms with E-state index in [0.717, 1.165) is 11.1 Å². The van der Waals surface area contributed by atoms with Crippen LogP contribution in [0.2, 0.25) is 0 Å². The SMILES string of the molecule is CNS(=O)(=O)c1cc(NC(=O)c2cc(-c3ccc(C)cc3)nc3onc(C)c23)ccc1C. The van der Waals surface area contributed by atoms with Gasteiger partial charge in [-0.15, -0.1) is 0 Å². The van der Waals surface area contributed by atoms with E-state index in [1.54, 1.807) is 32.0 Å². The average Bonchev–Trinajstić information content (AvgIpc) is 3.15. The molecule has 2 N–H and O–H groups in total. The minimum atomic E-state index is -3.67. The van der Waals surface area contributed by atoms with Crippen LogP contribution in [0.5, 0.6) is 0 Å². The summed E-state index contributed by atoms with van der Waals surface area (Å²) in [5.41, 5.74) is 4.56. The molecule has 0 saturated heterocycles. The Balaban J connectivity index is 1.78. The minimum absolute atomic E-state index is 0.0965. The van der Waals surface area contributed by atoms with Crippen LogP contribution in [0.15, 0.2) is 57.9 Å². The zero-order valence-corrected chi connectivity index (χ0v) is 18.9. The zero-order chi connectivity index (χ0) is 23.0. The fraction of sp³-hybridized carbons (Fsp3) is 0.174. The van der Waals surface area contributed by atoms with Crippen molar-refractivity contribution in [3.8, 4) is 11.3 Å². The number of hydrogen-bond donors (Lipinski definition) is 2. The number of carbonyl (C=O) groups is 1. The monoisotopic (exact) mass is 450 g/mol. The lowest BCUT2D eigenvalue weighted by Gasteiger charge is -2.11. The number of amides is 1. The van der Waals surface area contributed by atoms with Gasteiger partial charge in [0, 0.05) is 11.3 Å². The number of nitrogens with zero attached hydrogens (tertiary/aromatic N) is 2. The first-order chi connectivity index (χ1) is 15.2. The molecule has 0 aliphatic carbocycles. The summed E-state index contributed by atoms with van der Waals surface area (Å²) in [6.07, 6.45) is 0. The number of fused-ring (bicyclic) bond motifs is 1. The molecule has 32 heavy (non-hydrogen) atoms. The van der Waals surface area contributed by atoms with Gasteiger partial charge in [0.25, 0.3) is 11.6 Å². The lowest BCUT2D eigenvalue weighted by molar-refractivity contribution is 0.102. The van der Waals surface area contributed by atoms with Crippen LogP contribution >= 0.6 is 0 Å². The Bertz CT molecular complexity index is 1440. The Morgan fingerprint density at radius 3 is 2.41 bits per heavy atom. The van der Waals surface area contributed by atoms with Gasteiger partial charge in [0.15, 0.2) is 0 Å². The van der Waals surface area contributed by atoms with E-state index in [0.29, 0.717) is 33.6 Å². The predicted molar refractivity (Wildman–Crippen MR) is 122 cm³/mol. The third-order valence-electron chi connectivity index (χ3n) is 5.21. The van der Waals surface area contributed by atoms with Crippen LogP contribution < -0.4 is 10.0 Å². The maximum atomic E-state index is 13.3. The highest BCUT2D eigenvalue weighted by Gasteiger charge is 2.21. The van der Waals surface area contributed by atoms with Crippen LogP contribution in [0.1, 0.15) is 27.2 Å². The molecule has 2 heterocycles. The number of aromatic nitrogens is 2. The number of aryl methyl sites for hydroxylation is 3. The molecule has 0 radical (unpaired) electrons. The molecule has 164 valence electrons. The third-order valence-corrected chi connectivity index (χ3v) is 6.77. The zero-order valence-electron chi connectivity index (χ0n) is 18.1. The summed E-state index contributed by atoms with van der Waals surface area (Å²) in [6.45, 7) is 5.42. The number of hydrogen-bond acceptors (Lipinski definition) is 6. The second-order valence-corrected chi connectivity index (χ2v) is 9.37. The largest absolute Gasteiger partial charge is 0.335 e. The Kier molecular flexibility index (Phi) is 5.53. The minimum Gasteiger partial charge on any atom is -0.335 e. The summed E-state index contributed by atoms with van der Waals surface area (Å²) in [5.74, 6) is -0.422. The van der Waals surface area contributed by atoms with Crippen LogP contribution in [0.4, 0.5) is 5.69 Å². The number of carbonyl (C=O) groups excluding carboxylic acids is 1. The molecular formula is C23H22N4O4S. The molecule has 0 saturated carbocycles. The summed E-state index contributed by atoms with van der Waals surface area (Å²) in [4.78, 5) is 17.9. The first kappa shape index (κ1) is 21.7. The van der Waals surface area contributed by atoms with Crippen molar-refractivity contribution < 1.29 is 17.7 Å². The number of pyridine rings is 1. The molecule has 8 nitrogen and oxygen atoms in total. The summed E-state index contributed by atoms with van der Waals surface area (Å²) in [7, 11) is -2.32. The molecule has 0 atom stereocenters. The number of sulfonamides is 1. The van der Waals surface area contributed by atoms with E-state index < -0.39 is 15.9 Å². The molecular weight excluding hydrogens is 428 g/mol. The molecule has 9 heteroatoms. The molecule has 1 amide bonds. The van der Waals surface area contributed by atoms with Gasteiger partial charge in [-0.1, -0.05) is 41.1 Å². The Morgan fingerprint density at radius 1 is 1.00 bits per heavy atom. The summed E-state index contributed by atoms with van der Waals surface area (Å²) in [5, 5.41) is 7.26. The Hall–Kier alpha value is -3.56. The standard InChI is InChI=1S/C23H22N4O4S/c1-13-5-8-16(9-6-13)19-12-18(21-15(3)27-31-23(21)26-19)22(28)25-17-10-7-14(2)20(11-17)32(29,30)24-4/h5-12,24H,1-4H3,(H,25,28). The molecule has 0 fully saturated rings. The molecule has 0 spiro atoms. The van der Waals surface area contributed by atoms with Gasteiger partial charge in [0.05, 0.1) is 27.2 Å². The highest BCUT2D eigenvalue weighted by molar-refractivity contribution is 7.89. The number of benzene rings is 2. The number of nitrogens with one attached hydrogen (secondary N) is 2. The maximum absolute atomic E-state index is 13.3. The Morgan fingerprint density at radius 2 is 1.72 bits per heavy atom. The Labute approximate surface area is 185 Å². The molecule has 4 rings (SSSR count). The van der Waals surface area contributed by atoms with Crippen molar-refractivity contribution in [1.82, 2.24) is 14.9 Å². The second-order valence-electron chi connectivity index (χ2n) is 7.51. The number of anilines is 1. The van der Waals surface area contributed by atoms with Gasteiger partial charge >= 0.3 is 0 Å². The predicted octanol–water partition coefficient (Wildman–Crippen LogP) is 3.98. The first-order valence-corrected chi connectivity index (χ1v) is 11.4. The fourth-order valence-corrected chi connectivity index (χ4v) is 4.42. The van der Waals surface area contributed by atoms with Crippen molar-refractivity contribution in [3.05, 3.63) is 70.9 Å². The molecule has 0 bridgehead atoms. The van der Waals surface area contributed by atoms with Crippen LogP contribution in [-0.2, 0) is 10.0 Å². The fourth-order valence-electron chi connectivity index (χ4n) is 3.42. The van der Waals surface area contributed by atoms with E-state index in [-0.39, 0.29) is 10.6 Å². The average molecular weight is 451 g/mol. The number of rotatable bonds is 5. The summed E-state index contributed by atoms with van der Waals surface area (Å²) in [6, 6.07) is 14.2. The van der Waals surface area contributed by atoms with Crippen molar-refractivity contribution >= 4 is 32.7 Å².